The minimum absolute atomic E-state index is 0.114. The highest BCUT2D eigenvalue weighted by molar-refractivity contribution is 9.10. The van der Waals surface area contributed by atoms with E-state index in [0.29, 0.717) is 6.54 Å². The van der Waals surface area contributed by atoms with Gasteiger partial charge in [0, 0.05) is 26.4 Å². The van der Waals surface area contributed by atoms with Crippen LogP contribution in [0.2, 0.25) is 0 Å². The van der Waals surface area contributed by atoms with Gasteiger partial charge in [-0.2, -0.15) is 4.98 Å². The second kappa shape index (κ2) is 8.11. The second-order valence-corrected chi connectivity index (χ2v) is 9.32. The van der Waals surface area contributed by atoms with Crippen LogP contribution in [-0.4, -0.2) is 9.55 Å². The number of fused-ring (bicyclic) bond motifs is 1. The molecule has 3 nitrogen and oxygen atoms in total. The van der Waals surface area contributed by atoms with Gasteiger partial charge in [-0.25, -0.2) is 4.79 Å². The topological polar surface area (TPSA) is 34.9 Å². The van der Waals surface area contributed by atoms with Gasteiger partial charge in [0.25, 0.3) is 0 Å². The maximum Gasteiger partial charge on any atom is 0.349 e. The van der Waals surface area contributed by atoms with Crippen molar-refractivity contribution in [3.05, 3.63) is 78.4 Å². The Morgan fingerprint density at radius 1 is 1.15 bits per heavy atom. The van der Waals surface area contributed by atoms with Gasteiger partial charge in [-0.3, -0.25) is 4.57 Å². The molecule has 0 N–H and O–H groups in total. The maximum absolute atomic E-state index is 12.7. The molecule has 0 fully saturated rings. The molecule has 26 heavy (non-hydrogen) atoms. The third-order valence-corrected chi connectivity index (χ3v) is 7.11. The van der Waals surface area contributed by atoms with Gasteiger partial charge in [-0.05, 0) is 54.8 Å². The molecule has 4 rings (SSSR count). The van der Waals surface area contributed by atoms with Gasteiger partial charge in [0.2, 0.25) is 0 Å². The average molecular weight is 447 g/mol. The molecule has 0 spiro atoms. The van der Waals surface area contributed by atoms with E-state index in [4.69, 9.17) is 0 Å². The van der Waals surface area contributed by atoms with Crippen LogP contribution < -0.4 is 5.69 Å². The zero-order valence-electron chi connectivity index (χ0n) is 14.3. The summed E-state index contributed by atoms with van der Waals surface area (Å²) in [5.41, 5.74) is 3.61. The zero-order chi connectivity index (χ0) is 17.9. The molecular formula is C20H19BrN2OS2. The van der Waals surface area contributed by atoms with Crippen LogP contribution in [0.3, 0.4) is 0 Å². The molecule has 0 radical (unpaired) electrons. The van der Waals surface area contributed by atoms with Crippen molar-refractivity contribution in [3.8, 4) is 0 Å². The van der Waals surface area contributed by atoms with Crippen LogP contribution in [0.5, 0.6) is 0 Å². The second-order valence-electron chi connectivity index (χ2n) is 6.41. The molecule has 2 heterocycles. The van der Waals surface area contributed by atoms with Crippen molar-refractivity contribution in [1.82, 2.24) is 9.55 Å². The monoisotopic (exact) mass is 446 g/mol. The Labute approximate surface area is 169 Å². The SMILES string of the molecule is O=c1nc(SCc2ccc(Br)cc2)c2c(n1Cc1cccs1)CCCC2. The number of thiophene rings is 1. The first-order valence-electron chi connectivity index (χ1n) is 8.73. The number of hydrogen-bond acceptors (Lipinski definition) is 4. The molecule has 0 aliphatic heterocycles. The number of rotatable bonds is 5. The summed E-state index contributed by atoms with van der Waals surface area (Å²) in [7, 11) is 0. The lowest BCUT2D eigenvalue weighted by atomic mass is 9.97. The predicted octanol–water partition coefficient (Wildman–Crippen LogP) is 5.29. The molecule has 1 aliphatic carbocycles. The van der Waals surface area contributed by atoms with E-state index in [2.05, 4.69) is 56.6 Å². The molecule has 0 atom stereocenters. The summed E-state index contributed by atoms with van der Waals surface area (Å²) >= 11 is 6.85. The van der Waals surface area contributed by atoms with Gasteiger partial charge in [-0.15, -0.1) is 23.1 Å². The summed E-state index contributed by atoms with van der Waals surface area (Å²) in [6.45, 7) is 0.642. The molecule has 1 aliphatic rings. The van der Waals surface area contributed by atoms with Gasteiger partial charge >= 0.3 is 5.69 Å². The van der Waals surface area contributed by atoms with Crippen LogP contribution in [0.4, 0.5) is 0 Å². The van der Waals surface area contributed by atoms with Crippen molar-refractivity contribution in [2.45, 2.75) is 43.0 Å². The maximum atomic E-state index is 12.7. The summed E-state index contributed by atoms with van der Waals surface area (Å²) in [4.78, 5) is 18.4. The summed E-state index contributed by atoms with van der Waals surface area (Å²) in [5, 5.41) is 2.98. The van der Waals surface area contributed by atoms with E-state index in [1.54, 1.807) is 23.1 Å². The lowest BCUT2D eigenvalue weighted by Gasteiger charge is -2.22. The Morgan fingerprint density at radius 3 is 2.73 bits per heavy atom. The third-order valence-electron chi connectivity index (χ3n) is 4.63. The van der Waals surface area contributed by atoms with E-state index in [1.807, 2.05) is 10.6 Å². The van der Waals surface area contributed by atoms with Crippen LogP contribution in [0.25, 0.3) is 0 Å². The molecule has 0 bridgehead atoms. The quantitative estimate of drug-likeness (QED) is 0.394. The summed E-state index contributed by atoms with van der Waals surface area (Å²) in [6.07, 6.45) is 4.33. The molecule has 0 saturated heterocycles. The highest BCUT2D eigenvalue weighted by Gasteiger charge is 2.20. The molecule has 134 valence electrons. The van der Waals surface area contributed by atoms with E-state index in [1.165, 1.54) is 28.1 Å². The number of hydrogen-bond donors (Lipinski definition) is 0. The lowest BCUT2D eigenvalue weighted by Crippen LogP contribution is -2.30. The van der Waals surface area contributed by atoms with E-state index < -0.39 is 0 Å². The van der Waals surface area contributed by atoms with Gasteiger partial charge < -0.3 is 0 Å². The Bertz CT molecular complexity index is 949. The molecule has 0 unspecified atom stereocenters. The Kier molecular flexibility index (Phi) is 5.62. The van der Waals surface area contributed by atoms with Crippen molar-refractivity contribution < 1.29 is 0 Å². The minimum Gasteiger partial charge on any atom is -0.291 e. The Hall–Kier alpha value is -1.37. The normalized spacial score (nSPS) is 13.6. The predicted molar refractivity (Wildman–Crippen MR) is 112 cm³/mol. The van der Waals surface area contributed by atoms with Crippen molar-refractivity contribution in [3.63, 3.8) is 0 Å². The van der Waals surface area contributed by atoms with Crippen molar-refractivity contribution in [2.24, 2.45) is 0 Å². The fraction of sp³-hybridized carbons (Fsp3) is 0.300. The van der Waals surface area contributed by atoms with Gasteiger partial charge in [0.15, 0.2) is 0 Å². The molecule has 6 heteroatoms. The van der Waals surface area contributed by atoms with Crippen LogP contribution in [0.1, 0.15) is 34.5 Å². The number of halogens is 1. The number of thioether (sulfide) groups is 1. The van der Waals surface area contributed by atoms with Crippen molar-refractivity contribution >= 4 is 39.0 Å². The average Bonchev–Trinajstić information content (AvgIpc) is 3.17. The van der Waals surface area contributed by atoms with Gasteiger partial charge in [0.1, 0.15) is 5.03 Å². The minimum atomic E-state index is -0.114. The Morgan fingerprint density at radius 2 is 1.96 bits per heavy atom. The van der Waals surface area contributed by atoms with Crippen LogP contribution in [-0.2, 0) is 25.1 Å². The lowest BCUT2D eigenvalue weighted by molar-refractivity contribution is 0.571. The number of nitrogens with zero attached hydrogens (tertiary/aromatic N) is 2. The van der Waals surface area contributed by atoms with E-state index in [-0.39, 0.29) is 5.69 Å². The molecule has 3 aromatic rings. The summed E-state index contributed by atoms with van der Waals surface area (Å²) in [6, 6.07) is 12.5. The highest BCUT2D eigenvalue weighted by atomic mass is 79.9. The Balaban J connectivity index is 1.64. The molecule has 2 aromatic heterocycles. The van der Waals surface area contributed by atoms with Crippen LogP contribution in [0, 0.1) is 0 Å². The van der Waals surface area contributed by atoms with Crippen molar-refractivity contribution in [2.75, 3.05) is 0 Å². The molecule has 1 aromatic carbocycles. The first kappa shape index (κ1) is 18.0. The number of aromatic nitrogens is 2. The smallest absolute Gasteiger partial charge is 0.291 e. The van der Waals surface area contributed by atoms with Crippen LogP contribution in [0.15, 0.2) is 56.1 Å². The van der Waals surface area contributed by atoms with Gasteiger partial charge in [0.05, 0.1) is 6.54 Å². The highest BCUT2D eigenvalue weighted by Crippen LogP contribution is 2.31. The largest absolute Gasteiger partial charge is 0.349 e. The van der Waals surface area contributed by atoms with E-state index in [9.17, 15) is 4.79 Å². The third kappa shape index (κ3) is 3.97. The standard InChI is InChI=1S/C20H19BrN2OS2/c21-15-9-7-14(8-10-15)13-26-19-17-5-1-2-6-18(17)23(20(24)22-19)12-16-4-3-11-25-16/h3-4,7-11H,1-2,5-6,12-13H2. The molecular weight excluding hydrogens is 428 g/mol. The first-order valence-corrected chi connectivity index (χ1v) is 11.4. The first-order chi connectivity index (χ1) is 12.7. The van der Waals surface area contributed by atoms with Gasteiger partial charge in [-0.1, -0.05) is 34.1 Å². The number of benzene rings is 1. The summed E-state index contributed by atoms with van der Waals surface area (Å²) < 4.78 is 2.97. The van der Waals surface area contributed by atoms with E-state index in [0.717, 1.165) is 34.5 Å². The fourth-order valence-corrected chi connectivity index (χ4v) is 5.31. The fourth-order valence-electron chi connectivity index (χ4n) is 3.32. The molecule has 0 saturated carbocycles. The molecule has 0 amide bonds. The zero-order valence-corrected chi connectivity index (χ0v) is 17.5. The summed E-state index contributed by atoms with van der Waals surface area (Å²) in [5.74, 6) is 0.834. The van der Waals surface area contributed by atoms with E-state index >= 15 is 0 Å². The van der Waals surface area contributed by atoms with Crippen molar-refractivity contribution in [1.29, 1.82) is 0 Å². The van der Waals surface area contributed by atoms with Crippen LogP contribution >= 0.6 is 39.0 Å².